The minimum atomic E-state index is -3.68. The standard InChI is InChI=1S/C10H18BrN5O2S/c1-7(6-16(2)3)15-19(17,18)9-4-8(11)5-13-10(9)14-12/h4-5,7,15H,6,12H2,1-3H3,(H,13,14). The second kappa shape index (κ2) is 6.62. The van der Waals surface area contributed by atoms with Crippen molar-refractivity contribution >= 4 is 31.8 Å². The number of nitrogens with zero attached hydrogens (tertiary/aromatic N) is 2. The predicted molar refractivity (Wildman–Crippen MR) is 78.1 cm³/mol. The first-order valence-corrected chi connectivity index (χ1v) is 7.83. The maximum atomic E-state index is 12.3. The average molecular weight is 352 g/mol. The lowest BCUT2D eigenvalue weighted by molar-refractivity contribution is 0.370. The number of aromatic nitrogens is 1. The number of sulfonamides is 1. The van der Waals surface area contributed by atoms with Gasteiger partial charge < -0.3 is 10.3 Å². The number of hydrogen-bond acceptors (Lipinski definition) is 6. The first-order valence-electron chi connectivity index (χ1n) is 5.55. The molecule has 0 aromatic carbocycles. The Morgan fingerprint density at radius 1 is 1.53 bits per heavy atom. The molecule has 1 atom stereocenters. The van der Waals surface area contributed by atoms with Crippen molar-refractivity contribution in [3.05, 3.63) is 16.7 Å². The van der Waals surface area contributed by atoms with E-state index in [1.807, 2.05) is 19.0 Å². The normalized spacial score (nSPS) is 13.6. The minimum Gasteiger partial charge on any atom is -0.308 e. The van der Waals surface area contributed by atoms with E-state index in [2.05, 4.69) is 31.1 Å². The Bertz CT molecular complexity index is 535. The lowest BCUT2D eigenvalue weighted by Gasteiger charge is -2.19. The molecule has 0 aliphatic rings. The Balaban J connectivity index is 3.03. The van der Waals surface area contributed by atoms with Crippen molar-refractivity contribution < 1.29 is 8.42 Å². The summed E-state index contributed by atoms with van der Waals surface area (Å²) in [6.07, 6.45) is 1.47. The number of hydrazine groups is 1. The molecule has 0 amide bonds. The molecule has 0 spiro atoms. The Labute approximate surface area is 121 Å². The third-order valence-corrected chi connectivity index (χ3v) is 4.28. The van der Waals surface area contributed by atoms with Gasteiger partial charge >= 0.3 is 0 Å². The van der Waals surface area contributed by atoms with E-state index in [-0.39, 0.29) is 16.8 Å². The van der Waals surface area contributed by atoms with Gasteiger partial charge in [0.05, 0.1) is 0 Å². The Hall–Kier alpha value is -0.740. The van der Waals surface area contributed by atoms with Gasteiger partial charge in [0, 0.05) is 23.3 Å². The summed E-state index contributed by atoms with van der Waals surface area (Å²) in [7, 11) is 0.0646. The predicted octanol–water partition coefficient (Wildman–Crippen LogP) is 0.358. The molecule has 0 bridgehead atoms. The molecule has 1 unspecified atom stereocenters. The van der Waals surface area contributed by atoms with Crippen molar-refractivity contribution in [3.8, 4) is 0 Å². The number of hydrogen-bond donors (Lipinski definition) is 3. The molecule has 0 radical (unpaired) electrons. The summed E-state index contributed by atoms with van der Waals surface area (Å²) >= 11 is 3.19. The van der Waals surface area contributed by atoms with Crippen LogP contribution in [0.4, 0.5) is 5.82 Å². The van der Waals surface area contributed by atoms with Crippen LogP contribution in [0.25, 0.3) is 0 Å². The molecule has 1 aromatic rings. The molecule has 0 aliphatic carbocycles. The molecule has 7 nitrogen and oxygen atoms in total. The van der Waals surface area contributed by atoms with Gasteiger partial charge in [-0.25, -0.2) is 24.0 Å². The minimum absolute atomic E-state index is 0.00924. The summed E-state index contributed by atoms with van der Waals surface area (Å²) in [6, 6.07) is 1.22. The zero-order chi connectivity index (χ0) is 14.6. The van der Waals surface area contributed by atoms with Crippen molar-refractivity contribution in [2.24, 2.45) is 5.84 Å². The number of pyridine rings is 1. The summed E-state index contributed by atoms with van der Waals surface area (Å²) in [5, 5.41) is 0. The van der Waals surface area contributed by atoms with Gasteiger partial charge in [-0.2, -0.15) is 0 Å². The maximum Gasteiger partial charge on any atom is 0.244 e. The van der Waals surface area contributed by atoms with Gasteiger partial charge in [-0.3, -0.25) is 0 Å². The van der Waals surface area contributed by atoms with E-state index in [1.165, 1.54) is 12.3 Å². The van der Waals surface area contributed by atoms with Crippen LogP contribution in [0.1, 0.15) is 6.92 Å². The van der Waals surface area contributed by atoms with Gasteiger partial charge in [-0.15, -0.1) is 0 Å². The average Bonchev–Trinajstić information content (AvgIpc) is 2.26. The number of nitrogens with one attached hydrogen (secondary N) is 2. The molecule has 0 aliphatic heterocycles. The third-order valence-electron chi connectivity index (χ3n) is 2.24. The fraction of sp³-hybridized carbons (Fsp3) is 0.500. The van der Waals surface area contributed by atoms with E-state index in [0.29, 0.717) is 11.0 Å². The molecule has 4 N–H and O–H groups in total. The smallest absolute Gasteiger partial charge is 0.244 e. The van der Waals surface area contributed by atoms with E-state index in [4.69, 9.17) is 5.84 Å². The van der Waals surface area contributed by atoms with Gasteiger partial charge in [0.2, 0.25) is 10.0 Å². The van der Waals surface area contributed by atoms with Crippen molar-refractivity contribution in [1.82, 2.24) is 14.6 Å². The van der Waals surface area contributed by atoms with Crippen molar-refractivity contribution in [3.63, 3.8) is 0 Å². The Kier molecular flexibility index (Phi) is 5.68. The van der Waals surface area contributed by atoms with E-state index >= 15 is 0 Å². The lowest BCUT2D eigenvalue weighted by atomic mass is 10.3. The molecule has 19 heavy (non-hydrogen) atoms. The first-order chi connectivity index (χ1) is 8.76. The van der Waals surface area contributed by atoms with E-state index in [1.54, 1.807) is 6.92 Å². The van der Waals surface area contributed by atoms with E-state index in [9.17, 15) is 8.42 Å². The van der Waals surface area contributed by atoms with Crippen LogP contribution in [-0.2, 0) is 10.0 Å². The van der Waals surface area contributed by atoms with Crippen LogP contribution in [0.15, 0.2) is 21.6 Å². The molecular formula is C10H18BrN5O2S. The highest BCUT2D eigenvalue weighted by Gasteiger charge is 2.22. The van der Waals surface area contributed by atoms with Gasteiger partial charge in [0.15, 0.2) is 5.82 Å². The topological polar surface area (TPSA) is 100 Å². The van der Waals surface area contributed by atoms with Crippen LogP contribution in [0.2, 0.25) is 0 Å². The zero-order valence-electron chi connectivity index (χ0n) is 11.0. The maximum absolute atomic E-state index is 12.3. The van der Waals surface area contributed by atoms with Gasteiger partial charge in [0.1, 0.15) is 4.90 Å². The van der Waals surface area contributed by atoms with E-state index in [0.717, 1.165) is 0 Å². The number of anilines is 1. The molecule has 108 valence electrons. The summed E-state index contributed by atoms with van der Waals surface area (Å²) in [4.78, 5) is 5.83. The van der Waals surface area contributed by atoms with Gasteiger partial charge in [0.25, 0.3) is 0 Å². The van der Waals surface area contributed by atoms with Crippen LogP contribution in [-0.4, -0.2) is 45.0 Å². The zero-order valence-corrected chi connectivity index (χ0v) is 13.4. The fourth-order valence-corrected chi connectivity index (χ4v) is 3.51. The van der Waals surface area contributed by atoms with Gasteiger partial charge in [-0.1, -0.05) is 0 Å². The van der Waals surface area contributed by atoms with Crippen LogP contribution < -0.4 is 16.0 Å². The summed E-state index contributed by atoms with van der Waals surface area (Å²) in [5.74, 6) is 5.39. The Morgan fingerprint density at radius 2 is 2.16 bits per heavy atom. The molecular weight excluding hydrogens is 334 g/mol. The number of likely N-dealkylation sites (N-methyl/N-ethyl adjacent to an activating group) is 1. The highest BCUT2D eigenvalue weighted by atomic mass is 79.9. The molecule has 0 saturated heterocycles. The third kappa shape index (κ3) is 4.69. The van der Waals surface area contributed by atoms with Crippen LogP contribution in [0, 0.1) is 0 Å². The Morgan fingerprint density at radius 3 is 2.68 bits per heavy atom. The summed E-state index contributed by atoms with van der Waals surface area (Å²) < 4.78 is 27.7. The number of nitrogen functional groups attached to an aromatic ring is 1. The quantitative estimate of drug-likeness (QED) is 0.505. The highest BCUT2D eigenvalue weighted by Crippen LogP contribution is 2.22. The van der Waals surface area contributed by atoms with Crippen LogP contribution in [0.3, 0.4) is 0 Å². The van der Waals surface area contributed by atoms with Gasteiger partial charge in [-0.05, 0) is 43.0 Å². The second-order valence-corrected chi connectivity index (χ2v) is 7.03. The lowest BCUT2D eigenvalue weighted by Crippen LogP contribution is -2.39. The number of nitrogens with two attached hydrogens (primary N) is 1. The molecule has 0 fully saturated rings. The van der Waals surface area contributed by atoms with Crippen LogP contribution >= 0.6 is 15.9 Å². The van der Waals surface area contributed by atoms with E-state index < -0.39 is 10.0 Å². The molecule has 1 aromatic heterocycles. The molecule has 1 rings (SSSR count). The number of rotatable bonds is 6. The largest absolute Gasteiger partial charge is 0.308 e. The number of halogens is 1. The first kappa shape index (κ1) is 16.3. The monoisotopic (exact) mass is 351 g/mol. The highest BCUT2D eigenvalue weighted by molar-refractivity contribution is 9.10. The van der Waals surface area contributed by atoms with Crippen molar-refractivity contribution in [2.75, 3.05) is 26.1 Å². The SMILES string of the molecule is CC(CN(C)C)NS(=O)(=O)c1cc(Br)cnc1NN. The second-order valence-electron chi connectivity index (χ2n) is 4.43. The molecule has 1 heterocycles. The fourth-order valence-electron chi connectivity index (χ4n) is 1.65. The van der Waals surface area contributed by atoms with Crippen LogP contribution in [0.5, 0.6) is 0 Å². The van der Waals surface area contributed by atoms with Crippen molar-refractivity contribution in [2.45, 2.75) is 17.9 Å². The van der Waals surface area contributed by atoms with Crippen molar-refractivity contribution in [1.29, 1.82) is 0 Å². The summed E-state index contributed by atoms with van der Waals surface area (Å²) in [5.41, 5.74) is 2.28. The summed E-state index contributed by atoms with van der Waals surface area (Å²) in [6.45, 7) is 2.38. The molecule has 9 heteroatoms. The molecule has 0 saturated carbocycles.